The SMILES string of the molecule is N#Cc1cccc([C@H]2COC(=C[P+](O)(O)Cc3ccccc3)CN2)c1. The van der Waals surface area contributed by atoms with Gasteiger partial charge in [0.1, 0.15) is 18.5 Å². The van der Waals surface area contributed by atoms with Crippen LogP contribution in [0.3, 0.4) is 0 Å². The zero-order valence-electron chi connectivity index (χ0n) is 13.7. The van der Waals surface area contributed by atoms with Crippen molar-refractivity contribution < 1.29 is 14.5 Å². The van der Waals surface area contributed by atoms with Crippen molar-refractivity contribution in [3.8, 4) is 6.07 Å². The Balaban J connectivity index is 1.63. The fourth-order valence-corrected chi connectivity index (χ4v) is 4.24. The number of hydrogen-bond acceptors (Lipinski definition) is 5. The van der Waals surface area contributed by atoms with E-state index in [0.29, 0.717) is 24.5 Å². The summed E-state index contributed by atoms with van der Waals surface area (Å²) in [6.07, 6.45) is 0.203. The van der Waals surface area contributed by atoms with Gasteiger partial charge in [-0.15, -0.1) is 0 Å². The van der Waals surface area contributed by atoms with Crippen LogP contribution in [0, 0.1) is 11.3 Å². The van der Waals surface area contributed by atoms with Crippen LogP contribution in [-0.2, 0) is 10.9 Å². The highest BCUT2D eigenvalue weighted by atomic mass is 31.2. The molecule has 0 radical (unpaired) electrons. The molecule has 1 aliphatic rings. The van der Waals surface area contributed by atoms with E-state index in [1.165, 1.54) is 5.82 Å². The largest absolute Gasteiger partial charge is 0.491 e. The zero-order valence-corrected chi connectivity index (χ0v) is 14.6. The van der Waals surface area contributed by atoms with Gasteiger partial charge in [-0.3, -0.25) is 5.32 Å². The van der Waals surface area contributed by atoms with Crippen LogP contribution in [0.4, 0.5) is 0 Å². The summed E-state index contributed by atoms with van der Waals surface area (Å²) in [7, 11) is -3.21. The summed E-state index contributed by atoms with van der Waals surface area (Å²) in [5.74, 6) is 2.00. The van der Waals surface area contributed by atoms with Crippen LogP contribution in [0.1, 0.15) is 22.7 Å². The predicted molar refractivity (Wildman–Crippen MR) is 97.4 cm³/mol. The number of nitriles is 1. The molecule has 0 spiro atoms. The van der Waals surface area contributed by atoms with Crippen LogP contribution < -0.4 is 5.32 Å². The Morgan fingerprint density at radius 2 is 2.00 bits per heavy atom. The molecule has 25 heavy (non-hydrogen) atoms. The van der Waals surface area contributed by atoms with Crippen molar-refractivity contribution in [1.82, 2.24) is 5.32 Å². The van der Waals surface area contributed by atoms with Gasteiger partial charge in [0.15, 0.2) is 5.82 Å². The van der Waals surface area contributed by atoms with Gasteiger partial charge in [0.05, 0.1) is 24.2 Å². The molecule has 2 aromatic rings. The second-order valence-electron chi connectivity index (χ2n) is 6.01. The van der Waals surface area contributed by atoms with Crippen molar-refractivity contribution in [2.45, 2.75) is 12.2 Å². The fraction of sp³-hybridized carbons (Fsp3) is 0.211. The summed E-state index contributed by atoms with van der Waals surface area (Å²) in [6.45, 7) is 0.797. The molecule has 5 nitrogen and oxygen atoms in total. The molecular formula is C19H20N2O3P+. The summed E-state index contributed by atoms with van der Waals surface area (Å²) < 4.78 is 5.72. The number of nitrogens with zero attached hydrogens (tertiary/aromatic N) is 1. The van der Waals surface area contributed by atoms with Crippen molar-refractivity contribution in [3.63, 3.8) is 0 Å². The van der Waals surface area contributed by atoms with Crippen LogP contribution in [0.5, 0.6) is 0 Å². The van der Waals surface area contributed by atoms with Crippen LogP contribution in [-0.4, -0.2) is 22.9 Å². The summed E-state index contributed by atoms with van der Waals surface area (Å²) >= 11 is 0. The van der Waals surface area contributed by atoms with Crippen LogP contribution >= 0.6 is 7.72 Å². The number of morpholine rings is 1. The maximum atomic E-state index is 10.3. The molecule has 1 fully saturated rings. The molecule has 0 aromatic heterocycles. The summed E-state index contributed by atoms with van der Waals surface area (Å²) in [5, 5.41) is 12.3. The Morgan fingerprint density at radius 1 is 1.20 bits per heavy atom. The maximum Gasteiger partial charge on any atom is 0.300 e. The van der Waals surface area contributed by atoms with E-state index in [1.54, 1.807) is 6.07 Å². The Kier molecular flexibility index (Phi) is 5.47. The van der Waals surface area contributed by atoms with Crippen molar-refractivity contribution in [1.29, 1.82) is 5.26 Å². The smallest absolute Gasteiger partial charge is 0.300 e. The number of ether oxygens (including phenoxy) is 1. The molecule has 0 amide bonds. The number of nitrogens with one attached hydrogen (secondary N) is 1. The third kappa shape index (κ3) is 4.88. The molecule has 6 heteroatoms. The Bertz CT molecular complexity index is 790. The van der Waals surface area contributed by atoms with E-state index in [1.807, 2.05) is 48.5 Å². The number of rotatable bonds is 4. The molecule has 3 rings (SSSR count). The van der Waals surface area contributed by atoms with Crippen LogP contribution in [0.2, 0.25) is 0 Å². The molecular weight excluding hydrogens is 335 g/mol. The molecule has 3 N–H and O–H groups in total. The van der Waals surface area contributed by atoms with E-state index in [2.05, 4.69) is 11.4 Å². The van der Waals surface area contributed by atoms with Gasteiger partial charge in [0.25, 0.3) is 0 Å². The van der Waals surface area contributed by atoms with E-state index in [4.69, 9.17) is 10.00 Å². The lowest BCUT2D eigenvalue weighted by Gasteiger charge is -2.26. The first-order valence-electron chi connectivity index (χ1n) is 8.01. The molecule has 1 saturated heterocycles. The van der Waals surface area contributed by atoms with Crippen molar-refractivity contribution in [2.24, 2.45) is 0 Å². The molecule has 2 aromatic carbocycles. The summed E-state index contributed by atoms with van der Waals surface area (Å²) in [4.78, 5) is 20.6. The van der Waals surface area contributed by atoms with E-state index in [9.17, 15) is 9.79 Å². The lowest BCUT2D eigenvalue weighted by Crippen LogP contribution is -2.33. The summed E-state index contributed by atoms with van der Waals surface area (Å²) in [6, 6.07) is 18.9. The average Bonchev–Trinajstić information content (AvgIpc) is 2.62. The molecule has 0 aliphatic carbocycles. The normalized spacial score (nSPS) is 19.2. The Labute approximate surface area is 147 Å². The third-order valence-electron chi connectivity index (χ3n) is 3.99. The Morgan fingerprint density at radius 3 is 2.68 bits per heavy atom. The maximum absolute atomic E-state index is 10.3. The lowest BCUT2D eigenvalue weighted by atomic mass is 10.0. The fourth-order valence-electron chi connectivity index (χ4n) is 2.77. The topological polar surface area (TPSA) is 85.5 Å². The number of hydrogen-bond donors (Lipinski definition) is 3. The zero-order chi connectivity index (χ0) is 17.7. The molecule has 1 aliphatic heterocycles. The minimum atomic E-state index is -3.21. The van der Waals surface area contributed by atoms with Gasteiger partial charge in [-0.2, -0.15) is 5.26 Å². The second kappa shape index (κ2) is 7.77. The minimum Gasteiger partial charge on any atom is -0.491 e. The first-order chi connectivity index (χ1) is 12.1. The van der Waals surface area contributed by atoms with E-state index in [0.717, 1.165) is 11.1 Å². The third-order valence-corrected chi connectivity index (χ3v) is 5.52. The highest BCUT2D eigenvalue weighted by Crippen LogP contribution is 2.55. The van der Waals surface area contributed by atoms with Crippen molar-refractivity contribution in [2.75, 3.05) is 13.2 Å². The molecule has 0 bridgehead atoms. The van der Waals surface area contributed by atoms with Gasteiger partial charge < -0.3 is 4.74 Å². The van der Waals surface area contributed by atoms with Gasteiger partial charge in [-0.05, 0) is 23.3 Å². The van der Waals surface area contributed by atoms with Crippen molar-refractivity contribution in [3.05, 3.63) is 82.9 Å². The standard InChI is InChI=1S/C19H20N2O3P/c20-10-16-7-4-8-17(9-16)19-12-24-18(11-21-19)14-25(22,23)13-15-5-2-1-3-6-15/h1-9,14,19,21-23H,11-13H2/q+1/t19-/m1/s1. The van der Waals surface area contributed by atoms with Crippen LogP contribution in [0.25, 0.3) is 0 Å². The van der Waals surface area contributed by atoms with E-state index >= 15 is 0 Å². The van der Waals surface area contributed by atoms with Gasteiger partial charge in [0.2, 0.25) is 0 Å². The first-order valence-corrected chi connectivity index (χ1v) is 9.96. The van der Waals surface area contributed by atoms with Crippen LogP contribution in [0.15, 0.2) is 66.2 Å². The van der Waals surface area contributed by atoms with Gasteiger partial charge >= 0.3 is 7.72 Å². The lowest BCUT2D eigenvalue weighted by molar-refractivity contribution is 0.139. The highest BCUT2D eigenvalue weighted by Gasteiger charge is 2.33. The first kappa shape index (κ1) is 17.6. The Hall–Kier alpha value is -2.22. The summed E-state index contributed by atoms with van der Waals surface area (Å²) in [5.41, 5.74) is 2.48. The number of benzene rings is 2. The average molecular weight is 355 g/mol. The molecule has 128 valence electrons. The van der Waals surface area contributed by atoms with Gasteiger partial charge in [0, 0.05) is 0 Å². The molecule has 0 saturated carbocycles. The van der Waals surface area contributed by atoms with Gasteiger partial charge in [-0.1, -0.05) is 42.5 Å². The van der Waals surface area contributed by atoms with E-state index < -0.39 is 7.72 Å². The molecule has 0 unspecified atom stereocenters. The van der Waals surface area contributed by atoms with E-state index in [-0.39, 0.29) is 12.2 Å². The minimum absolute atomic E-state index is 0.0234. The predicted octanol–water partition coefficient (Wildman–Crippen LogP) is 3.09. The quantitative estimate of drug-likeness (QED) is 0.734. The second-order valence-corrected chi connectivity index (χ2v) is 8.15. The monoisotopic (exact) mass is 355 g/mol. The molecule has 1 atom stereocenters. The van der Waals surface area contributed by atoms with Crippen molar-refractivity contribution >= 4 is 7.72 Å². The molecule has 1 heterocycles. The highest BCUT2D eigenvalue weighted by molar-refractivity contribution is 7.67. The van der Waals surface area contributed by atoms with Gasteiger partial charge in [-0.25, -0.2) is 9.79 Å².